The molecule has 15 heavy (non-hydrogen) atoms. The largest absolute Gasteiger partial charge is 0.481 e. The van der Waals surface area contributed by atoms with Crippen molar-refractivity contribution < 1.29 is 19.4 Å². The van der Waals surface area contributed by atoms with Crippen LogP contribution in [0.15, 0.2) is 10.5 Å². The number of aryl methyl sites for hydroxylation is 1. The summed E-state index contributed by atoms with van der Waals surface area (Å²) in [5, 5.41) is 8.77. The van der Waals surface area contributed by atoms with Crippen LogP contribution in [0.3, 0.4) is 0 Å². The van der Waals surface area contributed by atoms with Gasteiger partial charge in [0.15, 0.2) is 11.5 Å². The van der Waals surface area contributed by atoms with Gasteiger partial charge in [0.1, 0.15) is 0 Å². The maximum Gasteiger partial charge on any atom is 0.307 e. The summed E-state index contributed by atoms with van der Waals surface area (Å²) in [7, 11) is 0. The number of aliphatic carboxylic acids is 1. The number of halogens is 1. The van der Waals surface area contributed by atoms with E-state index in [-0.39, 0.29) is 13.2 Å². The molecule has 0 saturated carbocycles. The summed E-state index contributed by atoms with van der Waals surface area (Å²) in [6.45, 7) is 2.04. The monoisotopic (exact) mass is 272 g/mol. The highest BCUT2D eigenvalue weighted by Gasteiger charge is 2.22. The third kappa shape index (κ3) is 1.79. The first-order chi connectivity index (χ1) is 7.09. The number of carboxylic acid groups (broad SMARTS) is 1. The lowest BCUT2D eigenvalue weighted by atomic mass is 10.0. The first-order valence-corrected chi connectivity index (χ1v) is 5.18. The van der Waals surface area contributed by atoms with E-state index in [1.807, 2.05) is 6.92 Å². The SMILES string of the molecule is Cc1cc2c(c(Br)c1CC(=O)O)OCO2. The maximum absolute atomic E-state index is 10.7. The van der Waals surface area contributed by atoms with Gasteiger partial charge in [-0.25, -0.2) is 0 Å². The number of rotatable bonds is 2. The molecular formula is C10H9BrO4. The number of hydrogen-bond donors (Lipinski definition) is 1. The minimum absolute atomic E-state index is 0.0247. The van der Waals surface area contributed by atoms with Gasteiger partial charge in [0.2, 0.25) is 6.79 Å². The van der Waals surface area contributed by atoms with E-state index in [1.165, 1.54) is 0 Å². The molecule has 0 aromatic heterocycles. The average Bonchev–Trinajstić information content (AvgIpc) is 2.59. The standard InChI is InChI=1S/C10H9BrO4/c1-5-2-7-10(15-4-14-7)9(11)6(5)3-8(12)13/h2H,3-4H2,1H3,(H,12,13). The van der Waals surface area contributed by atoms with E-state index in [2.05, 4.69) is 15.9 Å². The number of benzene rings is 1. The van der Waals surface area contributed by atoms with Gasteiger partial charge >= 0.3 is 5.97 Å². The molecule has 0 spiro atoms. The van der Waals surface area contributed by atoms with Crippen LogP contribution in [0.2, 0.25) is 0 Å². The van der Waals surface area contributed by atoms with Crippen molar-refractivity contribution in [2.75, 3.05) is 6.79 Å². The van der Waals surface area contributed by atoms with Crippen molar-refractivity contribution in [3.63, 3.8) is 0 Å². The highest BCUT2D eigenvalue weighted by atomic mass is 79.9. The molecule has 0 fully saturated rings. The summed E-state index contributed by atoms with van der Waals surface area (Å²) in [4.78, 5) is 10.7. The number of hydrogen-bond acceptors (Lipinski definition) is 3. The predicted molar refractivity (Wildman–Crippen MR) is 56.3 cm³/mol. The molecule has 0 saturated heterocycles. The normalized spacial score (nSPS) is 12.9. The Labute approximate surface area is 94.9 Å². The van der Waals surface area contributed by atoms with Crippen LogP contribution in [0.1, 0.15) is 11.1 Å². The minimum atomic E-state index is -0.863. The highest BCUT2D eigenvalue weighted by Crippen LogP contribution is 2.42. The molecule has 0 amide bonds. The fraction of sp³-hybridized carbons (Fsp3) is 0.300. The molecule has 1 aromatic carbocycles. The molecule has 5 heteroatoms. The molecule has 80 valence electrons. The number of ether oxygens (including phenoxy) is 2. The van der Waals surface area contributed by atoms with Crippen LogP contribution in [-0.4, -0.2) is 17.9 Å². The number of carboxylic acids is 1. The van der Waals surface area contributed by atoms with Crippen molar-refractivity contribution in [1.82, 2.24) is 0 Å². The highest BCUT2D eigenvalue weighted by molar-refractivity contribution is 9.10. The quantitative estimate of drug-likeness (QED) is 0.896. The summed E-state index contributed by atoms with van der Waals surface area (Å²) >= 11 is 3.34. The van der Waals surface area contributed by atoms with Crippen LogP contribution in [0.4, 0.5) is 0 Å². The Morgan fingerprint density at radius 3 is 3.00 bits per heavy atom. The van der Waals surface area contributed by atoms with Crippen molar-refractivity contribution in [2.24, 2.45) is 0 Å². The van der Waals surface area contributed by atoms with E-state index in [1.54, 1.807) is 6.07 Å². The minimum Gasteiger partial charge on any atom is -0.481 e. The molecule has 0 atom stereocenters. The predicted octanol–water partition coefficient (Wildman–Crippen LogP) is 2.11. The zero-order valence-corrected chi connectivity index (χ0v) is 9.63. The fourth-order valence-electron chi connectivity index (χ4n) is 1.53. The van der Waals surface area contributed by atoms with E-state index in [0.717, 1.165) is 11.1 Å². The second-order valence-electron chi connectivity index (χ2n) is 3.29. The zero-order chi connectivity index (χ0) is 11.0. The summed E-state index contributed by atoms with van der Waals surface area (Å²) < 4.78 is 11.1. The molecule has 0 radical (unpaired) electrons. The van der Waals surface area contributed by atoms with Gasteiger partial charge in [-0.1, -0.05) is 0 Å². The van der Waals surface area contributed by atoms with Crippen molar-refractivity contribution in [1.29, 1.82) is 0 Å². The first kappa shape index (κ1) is 10.3. The van der Waals surface area contributed by atoms with E-state index in [0.29, 0.717) is 16.0 Å². The molecule has 0 unspecified atom stereocenters. The molecule has 1 aliphatic rings. The zero-order valence-electron chi connectivity index (χ0n) is 8.04. The lowest BCUT2D eigenvalue weighted by Crippen LogP contribution is -2.03. The lowest BCUT2D eigenvalue weighted by Gasteiger charge is -2.08. The van der Waals surface area contributed by atoms with Crippen LogP contribution in [0.5, 0.6) is 11.5 Å². The second-order valence-corrected chi connectivity index (χ2v) is 4.08. The maximum atomic E-state index is 10.7. The first-order valence-electron chi connectivity index (χ1n) is 4.39. The molecule has 1 aliphatic heterocycles. The van der Waals surface area contributed by atoms with E-state index in [9.17, 15) is 4.79 Å². The Balaban J connectivity index is 2.51. The molecule has 1 heterocycles. The van der Waals surface area contributed by atoms with Crippen LogP contribution >= 0.6 is 15.9 Å². The van der Waals surface area contributed by atoms with Gasteiger partial charge in [-0.2, -0.15) is 0 Å². The van der Waals surface area contributed by atoms with Gasteiger partial charge in [-0.15, -0.1) is 0 Å². The third-order valence-electron chi connectivity index (χ3n) is 2.26. The average molecular weight is 273 g/mol. The van der Waals surface area contributed by atoms with Gasteiger partial charge in [0.25, 0.3) is 0 Å². The van der Waals surface area contributed by atoms with Crippen LogP contribution < -0.4 is 9.47 Å². The van der Waals surface area contributed by atoms with Crippen molar-refractivity contribution in [3.05, 3.63) is 21.7 Å². The summed E-state index contributed by atoms with van der Waals surface area (Å²) in [6.07, 6.45) is -0.0247. The Bertz CT molecular complexity index is 428. The van der Waals surface area contributed by atoms with Crippen molar-refractivity contribution in [2.45, 2.75) is 13.3 Å². The molecular weight excluding hydrogens is 264 g/mol. The molecule has 1 aromatic rings. The van der Waals surface area contributed by atoms with Crippen LogP contribution in [0, 0.1) is 6.92 Å². The summed E-state index contributed by atoms with van der Waals surface area (Å²) in [5.74, 6) is 0.392. The van der Waals surface area contributed by atoms with E-state index < -0.39 is 5.97 Å². The molecule has 0 bridgehead atoms. The molecule has 1 N–H and O–H groups in total. The van der Waals surface area contributed by atoms with E-state index >= 15 is 0 Å². The molecule has 0 aliphatic carbocycles. The van der Waals surface area contributed by atoms with Gasteiger partial charge in [0, 0.05) is 0 Å². The third-order valence-corrected chi connectivity index (χ3v) is 3.10. The number of carbonyl (C=O) groups is 1. The summed E-state index contributed by atoms with van der Waals surface area (Å²) in [5.41, 5.74) is 1.61. The molecule has 4 nitrogen and oxygen atoms in total. The second kappa shape index (κ2) is 3.73. The Kier molecular flexibility index (Phi) is 2.56. The van der Waals surface area contributed by atoms with Gasteiger partial charge in [-0.3, -0.25) is 4.79 Å². The number of fused-ring (bicyclic) bond motifs is 1. The topological polar surface area (TPSA) is 55.8 Å². The van der Waals surface area contributed by atoms with Crippen molar-refractivity contribution >= 4 is 21.9 Å². The Morgan fingerprint density at radius 1 is 1.60 bits per heavy atom. The molecule has 2 rings (SSSR count). The van der Waals surface area contributed by atoms with Crippen LogP contribution in [0.25, 0.3) is 0 Å². The van der Waals surface area contributed by atoms with Gasteiger partial charge in [-0.05, 0) is 40.0 Å². The smallest absolute Gasteiger partial charge is 0.307 e. The van der Waals surface area contributed by atoms with E-state index in [4.69, 9.17) is 14.6 Å². The lowest BCUT2D eigenvalue weighted by molar-refractivity contribution is -0.136. The Morgan fingerprint density at radius 2 is 2.33 bits per heavy atom. The fourth-order valence-corrected chi connectivity index (χ4v) is 2.29. The van der Waals surface area contributed by atoms with Crippen molar-refractivity contribution in [3.8, 4) is 11.5 Å². The Hall–Kier alpha value is -1.23. The summed E-state index contributed by atoms with van der Waals surface area (Å²) in [6, 6.07) is 1.80. The van der Waals surface area contributed by atoms with Crippen LogP contribution in [-0.2, 0) is 11.2 Å². The van der Waals surface area contributed by atoms with Gasteiger partial charge in [0.05, 0.1) is 10.9 Å². The van der Waals surface area contributed by atoms with Gasteiger partial charge < -0.3 is 14.6 Å².